The molecule has 0 fully saturated rings. The van der Waals surface area contributed by atoms with Crippen molar-refractivity contribution in [3.8, 4) is 0 Å². The predicted molar refractivity (Wildman–Crippen MR) is 59.7 cm³/mol. The summed E-state index contributed by atoms with van der Waals surface area (Å²) >= 11 is 0. The maximum atomic E-state index is 12.1. The van der Waals surface area contributed by atoms with Gasteiger partial charge in [0, 0.05) is 17.2 Å². The van der Waals surface area contributed by atoms with Gasteiger partial charge in [0.2, 0.25) is 0 Å². The Morgan fingerprint density at radius 1 is 1.19 bits per heavy atom. The van der Waals surface area contributed by atoms with Crippen molar-refractivity contribution in [3.63, 3.8) is 0 Å². The third-order valence-electron chi connectivity index (χ3n) is 3.22. The Morgan fingerprint density at radius 3 is 2.56 bits per heavy atom. The number of hydrogen-bond acceptors (Lipinski definition) is 2. The molecular formula is C13H11NO2. The molecule has 2 heterocycles. The van der Waals surface area contributed by atoms with E-state index in [2.05, 4.69) is 0 Å². The van der Waals surface area contributed by atoms with Crippen LogP contribution in [-0.2, 0) is 4.79 Å². The Hall–Kier alpha value is -1.90. The molecule has 80 valence electrons. The average molecular weight is 213 g/mol. The van der Waals surface area contributed by atoms with E-state index in [0.29, 0.717) is 12.0 Å². The van der Waals surface area contributed by atoms with Gasteiger partial charge in [-0.25, -0.2) is 0 Å². The number of carbonyl (C=O) groups is 2. The number of ketones is 1. The van der Waals surface area contributed by atoms with Crippen LogP contribution in [0.2, 0.25) is 0 Å². The number of hydrogen-bond donors (Lipinski definition) is 0. The molecule has 1 atom stereocenters. The molecule has 0 saturated heterocycles. The van der Waals surface area contributed by atoms with Crippen molar-refractivity contribution in [1.82, 2.24) is 4.90 Å². The van der Waals surface area contributed by atoms with Crippen molar-refractivity contribution in [2.45, 2.75) is 19.4 Å². The summed E-state index contributed by atoms with van der Waals surface area (Å²) in [6.07, 6.45) is 2.26. The molecule has 0 saturated carbocycles. The first-order valence-corrected chi connectivity index (χ1v) is 5.42. The van der Waals surface area contributed by atoms with Gasteiger partial charge >= 0.3 is 0 Å². The van der Waals surface area contributed by atoms with E-state index in [1.54, 1.807) is 11.0 Å². The second kappa shape index (κ2) is 3.04. The summed E-state index contributed by atoms with van der Waals surface area (Å²) in [5.74, 6) is -0.0000898. The molecule has 0 bridgehead atoms. The van der Waals surface area contributed by atoms with Crippen molar-refractivity contribution in [2.75, 3.05) is 0 Å². The SMILES string of the molecule is CCC1C(=O)C=C2c3ccccc3C(=O)N21. The Bertz CT molecular complexity index is 530. The van der Waals surface area contributed by atoms with Crippen LogP contribution in [0.25, 0.3) is 5.70 Å². The standard InChI is InChI=1S/C13H11NO2/c1-2-10-12(15)7-11-8-5-3-4-6-9(8)13(16)14(10)11/h3-7,10H,2H2,1H3. The highest BCUT2D eigenvalue weighted by atomic mass is 16.2. The third-order valence-corrected chi connectivity index (χ3v) is 3.22. The van der Waals surface area contributed by atoms with Gasteiger partial charge in [-0.15, -0.1) is 0 Å². The number of benzene rings is 1. The van der Waals surface area contributed by atoms with Crippen LogP contribution in [0, 0.1) is 0 Å². The molecule has 1 aromatic carbocycles. The van der Waals surface area contributed by atoms with Gasteiger partial charge in [-0.1, -0.05) is 25.1 Å². The Labute approximate surface area is 93.4 Å². The van der Waals surface area contributed by atoms with Crippen molar-refractivity contribution in [3.05, 3.63) is 41.5 Å². The molecule has 0 aromatic heterocycles. The monoisotopic (exact) mass is 213 g/mol. The van der Waals surface area contributed by atoms with Crippen LogP contribution < -0.4 is 0 Å². The van der Waals surface area contributed by atoms with Crippen LogP contribution in [-0.4, -0.2) is 22.6 Å². The normalized spacial score (nSPS) is 22.2. The molecule has 0 radical (unpaired) electrons. The van der Waals surface area contributed by atoms with E-state index < -0.39 is 0 Å². The first-order valence-electron chi connectivity index (χ1n) is 5.42. The quantitative estimate of drug-likeness (QED) is 0.713. The lowest BCUT2D eigenvalue weighted by atomic mass is 10.1. The van der Waals surface area contributed by atoms with Crippen molar-refractivity contribution >= 4 is 17.4 Å². The van der Waals surface area contributed by atoms with Crippen LogP contribution in [0.1, 0.15) is 29.3 Å². The molecule has 0 aliphatic carbocycles. The zero-order valence-corrected chi connectivity index (χ0v) is 8.93. The lowest BCUT2D eigenvalue weighted by molar-refractivity contribution is -0.117. The molecule has 1 amide bonds. The fourth-order valence-corrected chi connectivity index (χ4v) is 2.46. The molecule has 2 aliphatic heterocycles. The van der Waals surface area contributed by atoms with Crippen LogP contribution in [0.4, 0.5) is 0 Å². The minimum atomic E-state index is -0.296. The van der Waals surface area contributed by atoms with Crippen LogP contribution in [0.3, 0.4) is 0 Å². The molecule has 1 unspecified atom stereocenters. The van der Waals surface area contributed by atoms with Gasteiger partial charge in [0.15, 0.2) is 5.78 Å². The largest absolute Gasteiger partial charge is 0.297 e. The predicted octanol–water partition coefficient (Wildman–Crippen LogP) is 1.84. The number of rotatable bonds is 1. The summed E-state index contributed by atoms with van der Waals surface area (Å²) in [5.41, 5.74) is 2.37. The van der Waals surface area contributed by atoms with E-state index in [4.69, 9.17) is 0 Å². The minimum absolute atomic E-state index is 0.0420. The summed E-state index contributed by atoms with van der Waals surface area (Å²) in [4.78, 5) is 25.5. The average Bonchev–Trinajstić information content (AvgIpc) is 2.76. The highest BCUT2D eigenvalue weighted by molar-refractivity contribution is 6.19. The van der Waals surface area contributed by atoms with Gasteiger partial charge in [-0.3, -0.25) is 14.5 Å². The Balaban J connectivity index is 2.20. The maximum Gasteiger partial charge on any atom is 0.259 e. The molecule has 16 heavy (non-hydrogen) atoms. The summed E-state index contributed by atoms with van der Waals surface area (Å²) < 4.78 is 0. The van der Waals surface area contributed by atoms with E-state index in [1.807, 2.05) is 31.2 Å². The van der Waals surface area contributed by atoms with Crippen molar-refractivity contribution in [1.29, 1.82) is 0 Å². The molecule has 0 spiro atoms. The van der Waals surface area contributed by atoms with Gasteiger partial charge in [0.05, 0.1) is 11.7 Å². The molecule has 3 nitrogen and oxygen atoms in total. The molecular weight excluding hydrogens is 202 g/mol. The number of amides is 1. The van der Waals surface area contributed by atoms with Gasteiger partial charge in [-0.2, -0.15) is 0 Å². The lowest BCUT2D eigenvalue weighted by Crippen LogP contribution is -2.34. The number of carbonyl (C=O) groups excluding carboxylic acids is 2. The summed E-state index contributed by atoms with van der Waals surface area (Å²) in [7, 11) is 0. The van der Waals surface area contributed by atoms with E-state index in [1.165, 1.54) is 0 Å². The van der Waals surface area contributed by atoms with Crippen LogP contribution in [0.5, 0.6) is 0 Å². The summed E-state index contributed by atoms with van der Waals surface area (Å²) in [6.45, 7) is 1.93. The molecule has 2 aliphatic rings. The molecule has 3 rings (SSSR count). The summed E-state index contributed by atoms with van der Waals surface area (Å²) in [6, 6.07) is 7.15. The minimum Gasteiger partial charge on any atom is -0.297 e. The smallest absolute Gasteiger partial charge is 0.259 e. The van der Waals surface area contributed by atoms with Gasteiger partial charge in [-0.05, 0) is 12.5 Å². The van der Waals surface area contributed by atoms with Crippen molar-refractivity contribution < 1.29 is 9.59 Å². The number of nitrogens with zero attached hydrogens (tertiary/aromatic N) is 1. The fourth-order valence-electron chi connectivity index (χ4n) is 2.46. The van der Waals surface area contributed by atoms with Gasteiger partial charge < -0.3 is 0 Å². The Morgan fingerprint density at radius 2 is 1.88 bits per heavy atom. The van der Waals surface area contributed by atoms with Gasteiger partial charge in [0.1, 0.15) is 0 Å². The topological polar surface area (TPSA) is 37.4 Å². The van der Waals surface area contributed by atoms with Crippen LogP contribution in [0.15, 0.2) is 30.3 Å². The third kappa shape index (κ3) is 0.975. The number of fused-ring (bicyclic) bond motifs is 3. The highest BCUT2D eigenvalue weighted by Crippen LogP contribution is 2.38. The zero-order valence-electron chi connectivity index (χ0n) is 8.93. The summed E-state index contributed by atoms with van der Waals surface area (Å²) in [5, 5.41) is 0. The second-order valence-corrected chi connectivity index (χ2v) is 4.08. The highest BCUT2D eigenvalue weighted by Gasteiger charge is 2.42. The van der Waals surface area contributed by atoms with Crippen LogP contribution >= 0.6 is 0 Å². The molecule has 3 heteroatoms. The van der Waals surface area contributed by atoms with E-state index in [-0.39, 0.29) is 17.7 Å². The Kier molecular flexibility index (Phi) is 1.78. The zero-order chi connectivity index (χ0) is 11.3. The van der Waals surface area contributed by atoms with Gasteiger partial charge in [0.25, 0.3) is 5.91 Å². The van der Waals surface area contributed by atoms with Crippen molar-refractivity contribution in [2.24, 2.45) is 0 Å². The second-order valence-electron chi connectivity index (χ2n) is 4.08. The maximum absolute atomic E-state index is 12.1. The van der Waals surface area contributed by atoms with E-state index in [9.17, 15) is 9.59 Å². The molecule has 1 aromatic rings. The van der Waals surface area contributed by atoms with E-state index in [0.717, 1.165) is 11.3 Å². The first-order chi connectivity index (χ1) is 7.74. The van der Waals surface area contributed by atoms with E-state index >= 15 is 0 Å². The fraction of sp³-hybridized carbons (Fsp3) is 0.231. The first kappa shape index (κ1) is 9.33. The molecule has 0 N–H and O–H groups in total. The lowest BCUT2D eigenvalue weighted by Gasteiger charge is -2.19.